The first-order valence-electron chi connectivity index (χ1n) is 4.44. The van der Waals surface area contributed by atoms with Gasteiger partial charge in [-0.25, -0.2) is 0 Å². The van der Waals surface area contributed by atoms with E-state index < -0.39 is 0 Å². The second-order valence-corrected chi connectivity index (χ2v) is 3.71. The molecule has 1 aliphatic rings. The Morgan fingerprint density at radius 1 is 1.67 bits per heavy atom. The van der Waals surface area contributed by atoms with Crippen LogP contribution in [0.2, 0.25) is 0 Å². The maximum atomic E-state index is 10.7. The summed E-state index contributed by atoms with van der Waals surface area (Å²) in [5, 5.41) is 0. The minimum atomic E-state index is 0.536. The van der Waals surface area contributed by atoms with Crippen molar-refractivity contribution in [3.63, 3.8) is 0 Å². The van der Waals surface area contributed by atoms with Crippen LogP contribution in [0.4, 0.5) is 0 Å². The number of hydrogen-bond donors (Lipinski definition) is 0. The van der Waals surface area contributed by atoms with E-state index in [9.17, 15) is 4.79 Å². The van der Waals surface area contributed by atoms with Gasteiger partial charge >= 0.3 is 0 Å². The second-order valence-electron chi connectivity index (χ2n) is 3.71. The van der Waals surface area contributed by atoms with Crippen molar-refractivity contribution < 1.29 is 4.79 Å². The molecule has 0 fully saturated rings. The van der Waals surface area contributed by atoms with Crippen LogP contribution in [0.1, 0.15) is 33.1 Å². The highest BCUT2D eigenvalue weighted by Gasteiger charge is 2.18. The molecule has 0 saturated carbocycles. The summed E-state index contributed by atoms with van der Waals surface area (Å²) >= 11 is 0. The lowest BCUT2D eigenvalue weighted by atomic mass is 9.82. The van der Waals surface area contributed by atoms with Gasteiger partial charge in [0.2, 0.25) is 0 Å². The molecule has 0 N–H and O–H groups in total. The molecular formula is C11H16O. The van der Waals surface area contributed by atoms with Gasteiger partial charge in [0.05, 0.1) is 0 Å². The summed E-state index contributed by atoms with van der Waals surface area (Å²) in [5.41, 5.74) is 3.47. The van der Waals surface area contributed by atoms with Crippen molar-refractivity contribution >= 4 is 6.29 Å². The zero-order chi connectivity index (χ0) is 9.14. The normalized spacial score (nSPS) is 24.0. The van der Waals surface area contributed by atoms with Gasteiger partial charge in [-0.1, -0.05) is 17.7 Å². The predicted octanol–water partition coefficient (Wildman–Crippen LogP) is 2.88. The number of hydrogen-bond acceptors (Lipinski definition) is 1. The summed E-state index contributed by atoms with van der Waals surface area (Å²) in [6, 6.07) is 0. The zero-order valence-electron chi connectivity index (χ0n) is 7.89. The second kappa shape index (κ2) is 3.70. The van der Waals surface area contributed by atoms with Crippen molar-refractivity contribution in [2.75, 3.05) is 0 Å². The monoisotopic (exact) mass is 164 g/mol. The fourth-order valence-electron chi connectivity index (χ4n) is 1.66. The van der Waals surface area contributed by atoms with Gasteiger partial charge in [-0.15, -0.1) is 0 Å². The molecule has 0 heterocycles. The van der Waals surface area contributed by atoms with Crippen molar-refractivity contribution in [1.29, 1.82) is 0 Å². The molecule has 0 aromatic carbocycles. The molecule has 0 aromatic heterocycles. The van der Waals surface area contributed by atoms with Gasteiger partial charge in [0.15, 0.2) is 0 Å². The van der Waals surface area contributed by atoms with E-state index in [1.807, 2.05) is 6.92 Å². The number of aldehydes is 1. The summed E-state index contributed by atoms with van der Waals surface area (Å²) in [5.74, 6) is 0.536. The molecule has 0 radical (unpaired) electrons. The molecule has 1 nitrogen and oxygen atoms in total. The lowest BCUT2D eigenvalue weighted by molar-refractivity contribution is -0.105. The molecule has 0 saturated heterocycles. The van der Waals surface area contributed by atoms with Crippen molar-refractivity contribution in [1.82, 2.24) is 0 Å². The Hall–Kier alpha value is -0.850. The van der Waals surface area contributed by atoms with Gasteiger partial charge in [0.1, 0.15) is 6.29 Å². The van der Waals surface area contributed by atoms with Gasteiger partial charge in [-0.3, -0.25) is 4.79 Å². The minimum Gasteiger partial charge on any atom is -0.298 e. The summed E-state index contributed by atoms with van der Waals surface area (Å²) in [6.45, 7) is 8.04. The Morgan fingerprint density at radius 2 is 2.33 bits per heavy atom. The van der Waals surface area contributed by atoms with E-state index in [0.717, 1.165) is 24.7 Å². The molecule has 1 atom stereocenters. The van der Waals surface area contributed by atoms with Crippen LogP contribution < -0.4 is 0 Å². The van der Waals surface area contributed by atoms with Gasteiger partial charge in [0, 0.05) is 0 Å². The Bertz CT molecular complexity index is 235. The van der Waals surface area contributed by atoms with Gasteiger partial charge in [-0.05, 0) is 44.6 Å². The molecule has 0 bridgehead atoms. The van der Waals surface area contributed by atoms with Gasteiger partial charge < -0.3 is 0 Å². The van der Waals surface area contributed by atoms with E-state index in [1.54, 1.807) is 0 Å². The van der Waals surface area contributed by atoms with E-state index in [-0.39, 0.29) is 0 Å². The average Bonchev–Trinajstić information content (AvgIpc) is 2.05. The quantitative estimate of drug-likeness (QED) is 0.453. The van der Waals surface area contributed by atoms with Crippen molar-refractivity contribution in [2.45, 2.75) is 33.1 Å². The Kier molecular flexibility index (Phi) is 2.85. The van der Waals surface area contributed by atoms with Crippen LogP contribution in [0, 0.1) is 5.92 Å². The van der Waals surface area contributed by atoms with Gasteiger partial charge in [0.25, 0.3) is 0 Å². The lowest BCUT2D eigenvalue weighted by Gasteiger charge is -2.23. The maximum absolute atomic E-state index is 10.7. The largest absolute Gasteiger partial charge is 0.298 e. The van der Waals surface area contributed by atoms with Crippen LogP contribution in [0.15, 0.2) is 23.3 Å². The Labute approximate surface area is 74.2 Å². The van der Waals surface area contributed by atoms with Crippen molar-refractivity contribution in [3.8, 4) is 0 Å². The lowest BCUT2D eigenvalue weighted by Crippen LogP contribution is -2.10. The molecule has 0 aliphatic heterocycles. The van der Waals surface area contributed by atoms with Crippen LogP contribution in [0.3, 0.4) is 0 Å². The molecule has 66 valence electrons. The Morgan fingerprint density at radius 3 is 2.83 bits per heavy atom. The van der Waals surface area contributed by atoms with Gasteiger partial charge in [-0.2, -0.15) is 0 Å². The maximum Gasteiger partial charge on any atom is 0.145 e. The number of allylic oxidation sites excluding steroid dienone is 3. The highest BCUT2D eigenvalue weighted by atomic mass is 16.1. The third-order valence-corrected chi connectivity index (χ3v) is 2.72. The molecular weight excluding hydrogens is 148 g/mol. The zero-order valence-corrected chi connectivity index (χ0v) is 7.89. The summed E-state index contributed by atoms with van der Waals surface area (Å²) in [4.78, 5) is 10.7. The predicted molar refractivity (Wildman–Crippen MR) is 50.9 cm³/mol. The topological polar surface area (TPSA) is 17.1 Å². The fourth-order valence-corrected chi connectivity index (χ4v) is 1.66. The van der Waals surface area contributed by atoms with Crippen LogP contribution in [-0.4, -0.2) is 6.29 Å². The van der Waals surface area contributed by atoms with Crippen LogP contribution in [0.25, 0.3) is 0 Å². The van der Waals surface area contributed by atoms with Crippen LogP contribution in [-0.2, 0) is 4.79 Å². The molecule has 12 heavy (non-hydrogen) atoms. The highest BCUT2D eigenvalue weighted by molar-refractivity contribution is 5.74. The standard InChI is InChI=1S/C11H16O/c1-8(2)10-5-4-9(3)11(6-10)7-12/h7,10H,1,4-6H2,2-3H3/t10-/m1/s1. The van der Waals surface area contributed by atoms with Crippen molar-refractivity contribution in [2.24, 2.45) is 5.92 Å². The molecule has 0 unspecified atom stereocenters. The third-order valence-electron chi connectivity index (χ3n) is 2.72. The third kappa shape index (κ3) is 1.84. The summed E-state index contributed by atoms with van der Waals surface area (Å²) < 4.78 is 0. The first-order valence-corrected chi connectivity index (χ1v) is 4.44. The SMILES string of the molecule is C=C(C)[C@@H]1CCC(C)=C(C=O)C1. The minimum absolute atomic E-state index is 0.536. The average molecular weight is 164 g/mol. The van der Waals surface area contributed by atoms with Crippen molar-refractivity contribution in [3.05, 3.63) is 23.3 Å². The molecule has 0 amide bonds. The molecule has 1 aliphatic carbocycles. The van der Waals surface area contributed by atoms with E-state index in [2.05, 4.69) is 13.5 Å². The number of carbonyl (C=O) groups is 1. The molecule has 1 rings (SSSR count). The summed E-state index contributed by atoms with van der Waals surface area (Å²) in [6.07, 6.45) is 4.14. The van der Waals surface area contributed by atoms with E-state index in [0.29, 0.717) is 5.92 Å². The Balaban J connectivity index is 2.74. The van der Waals surface area contributed by atoms with Crippen LogP contribution in [0.5, 0.6) is 0 Å². The first-order chi connectivity index (χ1) is 5.65. The highest BCUT2D eigenvalue weighted by Crippen LogP contribution is 2.31. The van der Waals surface area contributed by atoms with Crippen LogP contribution >= 0.6 is 0 Å². The summed E-state index contributed by atoms with van der Waals surface area (Å²) in [7, 11) is 0. The fraction of sp³-hybridized carbons (Fsp3) is 0.545. The molecule has 0 aromatic rings. The number of carbonyl (C=O) groups excluding carboxylic acids is 1. The van der Waals surface area contributed by atoms with E-state index in [1.165, 1.54) is 17.6 Å². The van der Waals surface area contributed by atoms with E-state index in [4.69, 9.17) is 0 Å². The molecule has 0 spiro atoms. The first kappa shape index (κ1) is 9.24. The number of rotatable bonds is 2. The smallest absolute Gasteiger partial charge is 0.145 e. The molecule has 1 heteroatoms. The van der Waals surface area contributed by atoms with E-state index >= 15 is 0 Å².